The number of carbonyl (C=O) groups excluding carboxylic acids is 1. The van der Waals surface area contributed by atoms with Crippen LogP contribution in [0.25, 0.3) is 0 Å². The molecule has 0 spiro atoms. The summed E-state index contributed by atoms with van der Waals surface area (Å²) in [5.74, 6) is -0.489. The molecule has 1 aromatic heterocycles. The van der Waals surface area contributed by atoms with Gasteiger partial charge >= 0.3 is 0 Å². The summed E-state index contributed by atoms with van der Waals surface area (Å²) in [5, 5.41) is 13.8. The van der Waals surface area contributed by atoms with E-state index in [1.807, 2.05) is 6.07 Å². The molecule has 0 unspecified atom stereocenters. The van der Waals surface area contributed by atoms with Gasteiger partial charge in [0.2, 0.25) is 0 Å². The van der Waals surface area contributed by atoms with Gasteiger partial charge in [0, 0.05) is 6.20 Å². The van der Waals surface area contributed by atoms with Gasteiger partial charge in [-0.25, -0.2) is 5.43 Å². The van der Waals surface area contributed by atoms with Crippen LogP contribution < -0.4 is 5.43 Å². The van der Waals surface area contributed by atoms with Crippen LogP contribution in [0.3, 0.4) is 0 Å². The first-order chi connectivity index (χ1) is 9.59. The predicted molar refractivity (Wildman–Crippen MR) is 76.8 cm³/mol. The first-order valence-electron chi connectivity index (χ1n) is 6.14. The maximum Gasteiger partial charge on any atom is 0.275 e. The Morgan fingerprint density at radius 2 is 2.05 bits per heavy atom. The summed E-state index contributed by atoms with van der Waals surface area (Å²) in [4.78, 5) is 16.1. The van der Waals surface area contributed by atoms with Crippen LogP contribution in [0.15, 0.2) is 47.7 Å². The molecule has 0 aliphatic rings. The van der Waals surface area contributed by atoms with Crippen LogP contribution in [-0.2, 0) is 0 Å². The van der Waals surface area contributed by atoms with Crippen LogP contribution in [-0.4, -0.2) is 21.7 Å². The number of hydrogen-bond donors (Lipinski definition) is 2. The zero-order chi connectivity index (χ0) is 14.5. The Kier molecular flexibility index (Phi) is 4.10. The predicted octanol–water partition coefficient (Wildman–Crippen LogP) is 2.25. The van der Waals surface area contributed by atoms with Crippen molar-refractivity contribution in [3.05, 3.63) is 59.4 Å². The van der Waals surface area contributed by atoms with Crippen molar-refractivity contribution in [3.8, 4) is 5.75 Å². The SMILES string of the molecule is CC(=NNC(=O)c1cccc(C)c1O)c1ccccn1. The molecular weight excluding hydrogens is 254 g/mol. The van der Waals surface area contributed by atoms with Gasteiger partial charge in [-0.2, -0.15) is 5.10 Å². The maximum atomic E-state index is 12.0. The minimum absolute atomic E-state index is 0.0318. The molecule has 2 aromatic rings. The van der Waals surface area contributed by atoms with E-state index < -0.39 is 5.91 Å². The molecule has 0 atom stereocenters. The maximum absolute atomic E-state index is 12.0. The minimum Gasteiger partial charge on any atom is -0.507 e. The number of phenolic OH excluding ortho intramolecular Hbond substituents is 1. The summed E-state index contributed by atoms with van der Waals surface area (Å²) >= 11 is 0. The van der Waals surface area contributed by atoms with Gasteiger partial charge in [-0.1, -0.05) is 18.2 Å². The summed E-state index contributed by atoms with van der Waals surface area (Å²) in [6.07, 6.45) is 1.66. The number of benzene rings is 1. The van der Waals surface area contributed by atoms with Gasteiger partial charge in [0.25, 0.3) is 5.91 Å². The van der Waals surface area contributed by atoms with Crippen molar-refractivity contribution < 1.29 is 9.90 Å². The number of hydrazone groups is 1. The number of amides is 1. The van der Waals surface area contributed by atoms with E-state index in [4.69, 9.17) is 0 Å². The number of phenols is 1. The lowest BCUT2D eigenvalue weighted by atomic mass is 10.1. The number of aromatic nitrogens is 1. The molecule has 2 rings (SSSR count). The van der Waals surface area contributed by atoms with Crippen LogP contribution in [0.1, 0.15) is 28.5 Å². The highest BCUT2D eigenvalue weighted by Gasteiger charge is 2.11. The first-order valence-corrected chi connectivity index (χ1v) is 6.14. The van der Waals surface area contributed by atoms with Crippen LogP contribution >= 0.6 is 0 Å². The van der Waals surface area contributed by atoms with E-state index in [9.17, 15) is 9.90 Å². The molecule has 1 amide bonds. The van der Waals surface area contributed by atoms with Gasteiger partial charge in [-0.05, 0) is 37.6 Å². The summed E-state index contributed by atoms with van der Waals surface area (Å²) in [6, 6.07) is 10.4. The van der Waals surface area contributed by atoms with Crippen LogP contribution in [0, 0.1) is 6.92 Å². The fraction of sp³-hybridized carbons (Fsp3) is 0.133. The Balaban J connectivity index is 2.15. The molecule has 0 bridgehead atoms. The zero-order valence-electron chi connectivity index (χ0n) is 11.3. The molecule has 0 fully saturated rings. The minimum atomic E-state index is -0.457. The van der Waals surface area contributed by atoms with Crippen LogP contribution in [0.4, 0.5) is 0 Å². The lowest BCUT2D eigenvalue weighted by Gasteiger charge is -2.06. The summed E-state index contributed by atoms with van der Waals surface area (Å²) in [6.45, 7) is 3.48. The third kappa shape index (κ3) is 3.00. The second kappa shape index (κ2) is 5.97. The largest absolute Gasteiger partial charge is 0.507 e. The van der Waals surface area contributed by atoms with Crippen molar-refractivity contribution in [2.75, 3.05) is 0 Å². The molecule has 1 aromatic carbocycles. The Labute approximate surface area is 117 Å². The Bertz CT molecular complexity index is 651. The number of rotatable bonds is 3. The molecule has 5 heteroatoms. The molecule has 0 saturated heterocycles. The van der Waals surface area contributed by atoms with Crippen molar-refractivity contribution in [1.82, 2.24) is 10.4 Å². The van der Waals surface area contributed by atoms with Crippen LogP contribution in [0.2, 0.25) is 0 Å². The lowest BCUT2D eigenvalue weighted by molar-refractivity contribution is 0.0952. The number of nitrogens with zero attached hydrogens (tertiary/aromatic N) is 2. The van der Waals surface area contributed by atoms with Gasteiger partial charge in [-0.3, -0.25) is 9.78 Å². The Hall–Kier alpha value is -2.69. The molecule has 0 radical (unpaired) electrons. The number of aromatic hydroxyl groups is 1. The molecule has 2 N–H and O–H groups in total. The smallest absolute Gasteiger partial charge is 0.275 e. The summed E-state index contributed by atoms with van der Waals surface area (Å²) in [7, 11) is 0. The second-order valence-corrected chi connectivity index (χ2v) is 4.32. The topological polar surface area (TPSA) is 74.6 Å². The molecule has 0 saturated carbocycles. The Morgan fingerprint density at radius 1 is 1.25 bits per heavy atom. The normalized spacial score (nSPS) is 11.2. The van der Waals surface area contributed by atoms with Gasteiger partial charge in [0.05, 0.1) is 17.0 Å². The average molecular weight is 269 g/mol. The van der Waals surface area contributed by atoms with E-state index in [-0.39, 0.29) is 11.3 Å². The molecule has 0 aliphatic heterocycles. The van der Waals surface area contributed by atoms with E-state index in [1.165, 1.54) is 0 Å². The van der Waals surface area contributed by atoms with Crippen molar-refractivity contribution in [2.45, 2.75) is 13.8 Å². The second-order valence-electron chi connectivity index (χ2n) is 4.32. The van der Waals surface area contributed by atoms with Gasteiger partial charge < -0.3 is 5.11 Å². The van der Waals surface area contributed by atoms with Gasteiger partial charge in [-0.15, -0.1) is 0 Å². The van der Waals surface area contributed by atoms with E-state index in [2.05, 4.69) is 15.5 Å². The van der Waals surface area contributed by atoms with E-state index in [0.717, 1.165) is 0 Å². The van der Waals surface area contributed by atoms with E-state index in [1.54, 1.807) is 50.4 Å². The summed E-state index contributed by atoms with van der Waals surface area (Å²) in [5.41, 5.74) is 4.52. The average Bonchev–Trinajstić information content (AvgIpc) is 2.48. The third-order valence-corrected chi connectivity index (χ3v) is 2.84. The Morgan fingerprint density at radius 3 is 2.75 bits per heavy atom. The number of nitrogens with one attached hydrogen (secondary N) is 1. The fourth-order valence-corrected chi connectivity index (χ4v) is 1.67. The molecular formula is C15H15N3O2. The number of aryl methyl sites for hydroxylation is 1. The number of hydrogen-bond acceptors (Lipinski definition) is 4. The lowest BCUT2D eigenvalue weighted by Crippen LogP contribution is -2.19. The first kappa shape index (κ1) is 13.7. The van der Waals surface area contributed by atoms with E-state index in [0.29, 0.717) is 17.0 Å². The van der Waals surface area contributed by atoms with Crippen molar-refractivity contribution >= 4 is 11.6 Å². The number of para-hydroxylation sites is 1. The van der Waals surface area contributed by atoms with Crippen LogP contribution in [0.5, 0.6) is 5.75 Å². The van der Waals surface area contributed by atoms with Crippen molar-refractivity contribution in [2.24, 2.45) is 5.10 Å². The quantitative estimate of drug-likeness (QED) is 0.663. The molecule has 5 nitrogen and oxygen atoms in total. The molecule has 20 heavy (non-hydrogen) atoms. The highest BCUT2D eigenvalue weighted by atomic mass is 16.3. The van der Waals surface area contributed by atoms with E-state index >= 15 is 0 Å². The number of pyridine rings is 1. The zero-order valence-corrected chi connectivity index (χ0v) is 11.3. The molecule has 102 valence electrons. The third-order valence-electron chi connectivity index (χ3n) is 2.84. The molecule has 1 heterocycles. The standard InChI is InChI=1S/C15H15N3O2/c1-10-6-5-7-12(14(10)19)15(20)18-17-11(2)13-8-3-4-9-16-13/h3-9,19H,1-2H3,(H,18,20). The van der Waals surface area contributed by atoms with Gasteiger partial charge in [0.1, 0.15) is 5.75 Å². The van der Waals surface area contributed by atoms with Crippen molar-refractivity contribution in [3.63, 3.8) is 0 Å². The highest BCUT2D eigenvalue weighted by Crippen LogP contribution is 2.20. The highest BCUT2D eigenvalue weighted by molar-refractivity contribution is 6.00. The monoisotopic (exact) mass is 269 g/mol. The summed E-state index contributed by atoms with van der Waals surface area (Å²) < 4.78 is 0. The van der Waals surface area contributed by atoms with Gasteiger partial charge in [0.15, 0.2) is 0 Å². The number of carbonyl (C=O) groups is 1. The molecule has 0 aliphatic carbocycles. The fourth-order valence-electron chi connectivity index (χ4n) is 1.67. The van der Waals surface area contributed by atoms with Crippen molar-refractivity contribution in [1.29, 1.82) is 0 Å².